The van der Waals surface area contributed by atoms with Crippen LogP contribution in [0.2, 0.25) is 0 Å². The van der Waals surface area contributed by atoms with Crippen molar-refractivity contribution in [3.63, 3.8) is 0 Å². The average molecular weight is 276 g/mol. The number of nitrogens with zero attached hydrogens (tertiary/aromatic N) is 1. The Hall–Kier alpha value is -1.06. The molecule has 1 unspecified atom stereocenters. The molecule has 1 saturated heterocycles. The lowest BCUT2D eigenvalue weighted by Gasteiger charge is -2.21. The second kappa shape index (κ2) is 8.28. The molecule has 1 N–H and O–H groups in total. The Bertz CT molecular complexity index is 388. The number of likely N-dealkylation sites (tertiary alicyclic amines) is 1. The smallest absolute Gasteiger partial charge is 0.119 e. The summed E-state index contributed by atoms with van der Waals surface area (Å²) in [4.78, 5) is 2.55. The van der Waals surface area contributed by atoms with Crippen molar-refractivity contribution in [1.29, 1.82) is 0 Å². The van der Waals surface area contributed by atoms with Gasteiger partial charge in [0.15, 0.2) is 0 Å². The molecular formula is C17H28N2O. The Morgan fingerprint density at radius 3 is 2.85 bits per heavy atom. The summed E-state index contributed by atoms with van der Waals surface area (Å²) in [5.41, 5.74) is 1.30. The summed E-state index contributed by atoms with van der Waals surface area (Å²) in [7, 11) is 0. The largest absolute Gasteiger partial charge is 0.494 e. The first kappa shape index (κ1) is 15.3. The average Bonchev–Trinajstić information content (AvgIpc) is 2.96. The topological polar surface area (TPSA) is 24.5 Å². The predicted molar refractivity (Wildman–Crippen MR) is 84.2 cm³/mol. The zero-order valence-electron chi connectivity index (χ0n) is 12.9. The number of nitrogens with one attached hydrogen (secondary N) is 1. The molecule has 0 bridgehead atoms. The lowest BCUT2D eigenvalue weighted by molar-refractivity contribution is 0.298. The van der Waals surface area contributed by atoms with Crippen LogP contribution in [0.1, 0.15) is 38.7 Å². The SMILES string of the molecule is CCCOc1cccc(CNC(C)CN2CCCC2)c1. The van der Waals surface area contributed by atoms with Crippen molar-refractivity contribution in [1.82, 2.24) is 10.2 Å². The van der Waals surface area contributed by atoms with Gasteiger partial charge in [-0.05, 0) is 57.0 Å². The van der Waals surface area contributed by atoms with Gasteiger partial charge in [0, 0.05) is 19.1 Å². The first-order valence-electron chi connectivity index (χ1n) is 7.95. The van der Waals surface area contributed by atoms with Crippen molar-refractivity contribution in [2.75, 3.05) is 26.2 Å². The zero-order chi connectivity index (χ0) is 14.2. The van der Waals surface area contributed by atoms with E-state index in [0.29, 0.717) is 6.04 Å². The van der Waals surface area contributed by atoms with Gasteiger partial charge in [0.1, 0.15) is 5.75 Å². The lowest BCUT2D eigenvalue weighted by atomic mass is 10.2. The quantitative estimate of drug-likeness (QED) is 0.790. The normalized spacial score (nSPS) is 17.3. The Balaban J connectivity index is 1.74. The molecule has 1 atom stereocenters. The van der Waals surface area contributed by atoms with Crippen molar-refractivity contribution < 1.29 is 4.74 Å². The maximum atomic E-state index is 5.67. The molecule has 0 aromatic heterocycles. The van der Waals surface area contributed by atoms with E-state index in [1.165, 1.54) is 31.5 Å². The molecule has 3 nitrogen and oxygen atoms in total. The number of benzene rings is 1. The molecule has 0 amide bonds. The van der Waals surface area contributed by atoms with Crippen LogP contribution in [-0.2, 0) is 6.54 Å². The van der Waals surface area contributed by atoms with Crippen molar-refractivity contribution in [3.8, 4) is 5.75 Å². The van der Waals surface area contributed by atoms with Crippen molar-refractivity contribution >= 4 is 0 Å². The van der Waals surface area contributed by atoms with Crippen LogP contribution in [0.4, 0.5) is 0 Å². The Labute approximate surface area is 123 Å². The summed E-state index contributed by atoms with van der Waals surface area (Å²) in [6, 6.07) is 8.95. The zero-order valence-corrected chi connectivity index (χ0v) is 12.9. The van der Waals surface area contributed by atoms with Gasteiger partial charge in [-0.25, -0.2) is 0 Å². The number of ether oxygens (including phenoxy) is 1. The highest BCUT2D eigenvalue weighted by Crippen LogP contribution is 2.14. The van der Waals surface area contributed by atoms with Gasteiger partial charge in [-0.1, -0.05) is 19.1 Å². The minimum absolute atomic E-state index is 0.535. The van der Waals surface area contributed by atoms with Crippen LogP contribution in [0.25, 0.3) is 0 Å². The third kappa shape index (κ3) is 5.14. The molecule has 1 aromatic rings. The van der Waals surface area contributed by atoms with Gasteiger partial charge in [-0.15, -0.1) is 0 Å². The van der Waals surface area contributed by atoms with E-state index in [4.69, 9.17) is 4.74 Å². The highest BCUT2D eigenvalue weighted by molar-refractivity contribution is 5.28. The molecule has 1 heterocycles. The molecule has 3 heteroatoms. The molecule has 20 heavy (non-hydrogen) atoms. The summed E-state index contributed by atoms with van der Waals surface area (Å²) in [6.45, 7) is 9.81. The predicted octanol–water partition coefficient (Wildman–Crippen LogP) is 3.05. The fourth-order valence-corrected chi connectivity index (χ4v) is 2.67. The van der Waals surface area contributed by atoms with Crippen LogP contribution in [0.5, 0.6) is 5.75 Å². The van der Waals surface area contributed by atoms with Crippen LogP contribution >= 0.6 is 0 Å². The van der Waals surface area contributed by atoms with Crippen LogP contribution in [0.3, 0.4) is 0 Å². The van der Waals surface area contributed by atoms with Crippen molar-refractivity contribution in [2.45, 2.75) is 45.7 Å². The highest BCUT2D eigenvalue weighted by Gasteiger charge is 2.14. The number of hydrogen-bond donors (Lipinski definition) is 1. The van der Waals surface area contributed by atoms with Crippen LogP contribution in [0.15, 0.2) is 24.3 Å². The summed E-state index contributed by atoms with van der Waals surface area (Å²) in [6.07, 6.45) is 3.78. The van der Waals surface area contributed by atoms with Gasteiger partial charge in [0.05, 0.1) is 6.61 Å². The number of hydrogen-bond acceptors (Lipinski definition) is 3. The molecule has 0 saturated carbocycles. The first-order valence-corrected chi connectivity index (χ1v) is 7.95. The molecule has 2 rings (SSSR count). The standard InChI is InChI=1S/C17H28N2O/c1-3-11-20-17-8-6-7-16(12-17)13-18-15(2)14-19-9-4-5-10-19/h6-8,12,15,18H,3-5,9-11,13-14H2,1-2H3. The summed E-state index contributed by atoms with van der Waals surface area (Å²) in [5, 5.41) is 3.61. The summed E-state index contributed by atoms with van der Waals surface area (Å²) >= 11 is 0. The summed E-state index contributed by atoms with van der Waals surface area (Å²) < 4.78 is 5.67. The van der Waals surface area contributed by atoms with Gasteiger partial charge >= 0.3 is 0 Å². The molecule has 0 spiro atoms. The second-order valence-corrected chi connectivity index (χ2v) is 5.79. The van der Waals surface area contributed by atoms with E-state index in [1.54, 1.807) is 0 Å². The molecule has 1 aromatic carbocycles. The third-order valence-electron chi connectivity index (χ3n) is 3.76. The first-order chi connectivity index (χ1) is 9.78. The third-order valence-corrected chi connectivity index (χ3v) is 3.76. The monoisotopic (exact) mass is 276 g/mol. The Morgan fingerprint density at radius 1 is 1.30 bits per heavy atom. The van der Waals surface area contributed by atoms with Crippen molar-refractivity contribution in [3.05, 3.63) is 29.8 Å². The minimum atomic E-state index is 0.535. The molecule has 1 aliphatic heterocycles. The van der Waals surface area contributed by atoms with Gasteiger partial charge in [-0.3, -0.25) is 0 Å². The fourth-order valence-electron chi connectivity index (χ4n) is 2.67. The van der Waals surface area contributed by atoms with Crippen LogP contribution in [-0.4, -0.2) is 37.2 Å². The van der Waals surface area contributed by atoms with Crippen LogP contribution in [0, 0.1) is 0 Å². The second-order valence-electron chi connectivity index (χ2n) is 5.79. The van der Waals surface area contributed by atoms with E-state index in [-0.39, 0.29) is 0 Å². The molecule has 0 radical (unpaired) electrons. The van der Waals surface area contributed by atoms with E-state index in [2.05, 4.69) is 42.3 Å². The van der Waals surface area contributed by atoms with E-state index in [9.17, 15) is 0 Å². The molecule has 0 aliphatic carbocycles. The summed E-state index contributed by atoms with van der Waals surface area (Å²) in [5.74, 6) is 0.985. The van der Waals surface area contributed by atoms with E-state index in [1.807, 2.05) is 6.07 Å². The van der Waals surface area contributed by atoms with E-state index < -0.39 is 0 Å². The van der Waals surface area contributed by atoms with E-state index in [0.717, 1.165) is 31.9 Å². The van der Waals surface area contributed by atoms with Gasteiger partial charge in [0.25, 0.3) is 0 Å². The number of rotatable bonds is 8. The van der Waals surface area contributed by atoms with E-state index >= 15 is 0 Å². The molecule has 1 aliphatic rings. The van der Waals surface area contributed by atoms with Gasteiger partial charge in [0.2, 0.25) is 0 Å². The molecule has 1 fully saturated rings. The van der Waals surface area contributed by atoms with Gasteiger partial charge in [-0.2, -0.15) is 0 Å². The minimum Gasteiger partial charge on any atom is -0.494 e. The Morgan fingerprint density at radius 2 is 2.10 bits per heavy atom. The maximum Gasteiger partial charge on any atom is 0.119 e. The Kier molecular flexibility index (Phi) is 6.34. The van der Waals surface area contributed by atoms with Crippen LogP contribution < -0.4 is 10.1 Å². The maximum absolute atomic E-state index is 5.67. The highest BCUT2D eigenvalue weighted by atomic mass is 16.5. The van der Waals surface area contributed by atoms with Crippen molar-refractivity contribution in [2.24, 2.45) is 0 Å². The molecular weight excluding hydrogens is 248 g/mol. The van der Waals surface area contributed by atoms with Gasteiger partial charge < -0.3 is 15.0 Å². The molecule has 112 valence electrons. The lowest BCUT2D eigenvalue weighted by Crippen LogP contribution is -2.37. The fraction of sp³-hybridized carbons (Fsp3) is 0.647.